The van der Waals surface area contributed by atoms with E-state index in [-0.39, 0.29) is 18.0 Å². The summed E-state index contributed by atoms with van der Waals surface area (Å²) < 4.78 is 0. The number of aromatic nitrogens is 1. The van der Waals surface area contributed by atoms with Gasteiger partial charge in [-0.25, -0.2) is 10.4 Å². The number of nitrogens with one attached hydrogen (secondary N) is 3. The van der Waals surface area contributed by atoms with E-state index in [0.29, 0.717) is 11.4 Å². The van der Waals surface area contributed by atoms with E-state index in [1.807, 2.05) is 27.0 Å². The number of anilines is 1. The molecular weight excluding hydrogens is 334 g/mol. The van der Waals surface area contributed by atoms with E-state index in [9.17, 15) is 4.79 Å². The number of thiazole rings is 1. The Kier molecular flexibility index (Phi) is 5.67. The number of aryl methyl sites for hydroxylation is 1. The number of likely N-dealkylation sites (N-methyl/N-ethyl adjacent to an activating group) is 1. The third-order valence-electron chi connectivity index (χ3n) is 4.34. The Morgan fingerprint density at radius 3 is 2.84 bits per heavy atom. The monoisotopic (exact) mass is 359 g/mol. The van der Waals surface area contributed by atoms with Gasteiger partial charge in [0.05, 0.1) is 5.69 Å². The molecule has 0 saturated carbocycles. The Balaban J connectivity index is 1.59. The number of hydrogen-bond acceptors (Lipinski definition) is 6. The largest absolute Gasteiger partial charge is 0.362 e. The molecule has 0 bridgehead atoms. The molecule has 0 aliphatic carbocycles. The first-order valence-corrected chi connectivity index (χ1v) is 9.43. The van der Waals surface area contributed by atoms with Gasteiger partial charge >= 0.3 is 0 Å². The first-order chi connectivity index (χ1) is 12.1. The molecule has 1 aromatic heterocycles. The molecule has 1 amide bonds. The van der Waals surface area contributed by atoms with Crippen molar-refractivity contribution in [2.45, 2.75) is 32.4 Å². The van der Waals surface area contributed by atoms with Gasteiger partial charge in [0.15, 0.2) is 5.13 Å². The van der Waals surface area contributed by atoms with Crippen LogP contribution in [0.1, 0.15) is 40.3 Å². The van der Waals surface area contributed by atoms with Gasteiger partial charge in [0.2, 0.25) is 0 Å². The van der Waals surface area contributed by atoms with Crippen molar-refractivity contribution >= 4 is 22.4 Å². The van der Waals surface area contributed by atoms with E-state index >= 15 is 0 Å². The van der Waals surface area contributed by atoms with Crippen LogP contribution in [0.2, 0.25) is 0 Å². The van der Waals surface area contributed by atoms with Crippen LogP contribution in [0.5, 0.6) is 0 Å². The third kappa shape index (κ3) is 4.18. The summed E-state index contributed by atoms with van der Waals surface area (Å²) in [6.07, 6.45) is 0.950. The lowest BCUT2D eigenvalue weighted by Gasteiger charge is -2.20. The molecule has 1 aliphatic rings. The molecule has 3 N–H and O–H groups in total. The van der Waals surface area contributed by atoms with E-state index in [2.05, 4.69) is 45.4 Å². The summed E-state index contributed by atoms with van der Waals surface area (Å²) in [6.45, 7) is 5.36. The van der Waals surface area contributed by atoms with E-state index < -0.39 is 0 Å². The molecule has 1 aromatic carbocycles. The average molecular weight is 359 g/mol. The van der Waals surface area contributed by atoms with Crippen LogP contribution in [0.4, 0.5) is 5.13 Å². The first-order valence-electron chi connectivity index (χ1n) is 8.61. The summed E-state index contributed by atoms with van der Waals surface area (Å²) in [4.78, 5) is 19.7. The van der Waals surface area contributed by atoms with Gasteiger partial charge in [-0.3, -0.25) is 10.2 Å². The van der Waals surface area contributed by atoms with Crippen molar-refractivity contribution in [1.29, 1.82) is 0 Å². The minimum Gasteiger partial charge on any atom is -0.362 e. The van der Waals surface area contributed by atoms with Crippen molar-refractivity contribution in [3.63, 3.8) is 0 Å². The topological polar surface area (TPSA) is 69.3 Å². The molecule has 2 atom stereocenters. The number of rotatable bonds is 6. The number of nitrogens with zero attached hydrogens (tertiary/aromatic N) is 2. The van der Waals surface area contributed by atoms with E-state index in [0.717, 1.165) is 23.8 Å². The van der Waals surface area contributed by atoms with Crippen molar-refractivity contribution in [3.05, 3.63) is 46.5 Å². The molecule has 2 aromatic rings. The van der Waals surface area contributed by atoms with Crippen LogP contribution in [0, 0.1) is 6.92 Å². The normalized spacial score (nSPS) is 19.8. The van der Waals surface area contributed by atoms with Gasteiger partial charge < -0.3 is 10.2 Å². The highest BCUT2D eigenvalue weighted by Gasteiger charge is 2.28. The lowest BCUT2D eigenvalue weighted by Crippen LogP contribution is -2.41. The van der Waals surface area contributed by atoms with Crippen LogP contribution < -0.4 is 16.2 Å². The predicted molar refractivity (Wildman–Crippen MR) is 102 cm³/mol. The number of amides is 1. The van der Waals surface area contributed by atoms with Crippen molar-refractivity contribution in [1.82, 2.24) is 20.7 Å². The highest BCUT2D eigenvalue weighted by molar-refractivity contribution is 7.17. The highest BCUT2D eigenvalue weighted by atomic mass is 32.1. The molecule has 6 nitrogen and oxygen atoms in total. The van der Waals surface area contributed by atoms with Gasteiger partial charge in [0.25, 0.3) is 5.91 Å². The van der Waals surface area contributed by atoms with Crippen LogP contribution in [-0.4, -0.2) is 42.0 Å². The summed E-state index contributed by atoms with van der Waals surface area (Å²) in [5.41, 5.74) is 8.70. The van der Waals surface area contributed by atoms with Crippen LogP contribution in [0.25, 0.3) is 0 Å². The van der Waals surface area contributed by atoms with Crippen LogP contribution >= 0.6 is 11.3 Å². The lowest BCUT2D eigenvalue weighted by atomic mass is 10.0. The molecule has 2 heterocycles. The number of hydrazine groups is 1. The molecule has 25 heavy (non-hydrogen) atoms. The Morgan fingerprint density at radius 2 is 2.12 bits per heavy atom. The SMILES string of the molecule is CCNc1nc(C)c(C(=O)N(C)CC2CC(c3ccccc3)NN2)s1. The maximum absolute atomic E-state index is 12.7. The zero-order valence-electron chi connectivity index (χ0n) is 14.9. The van der Waals surface area contributed by atoms with Gasteiger partial charge in [-0.05, 0) is 25.8 Å². The summed E-state index contributed by atoms with van der Waals surface area (Å²) >= 11 is 1.43. The quantitative estimate of drug-likeness (QED) is 0.740. The molecular formula is C18H25N5OS. The second kappa shape index (κ2) is 7.95. The van der Waals surface area contributed by atoms with Crippen molar-refractivity contribution < 1.29 is 4.79 Å². The molecule has 134 valence electrons. The van der Waals surface area contributed by atoms with E-state index in [4.69, 9.17) is 0 Å². The molecule has 2 unspecified atom stereocenters. The Morgan fingerprint density at radius 1 is 1.36 bits per heavy atom. The molecule has 0 spiro atoms. The van der Waals surface area contributed by atoms with Gasteiger partial charge in [0.1, 0.15) is 4.88 Å². The van der Waals surface area contributed by atoms with Gasteiger partial charge in [-0.1, -0.05) is 41.7 Å². The molecule has 1 fully saturated rings. The minimum atomic E-state index is 0.0316. The van der Waals surface area contributed by atoms with E-state index in [1.165, 1.54) is 16.9 Å². The summed E-state index contributed by atoms with van der Waals surface area (Å²) in [7, 11) is 1.85. The minimum absolute atomic E-state index is 0.0316. The van der Waals surface area contributed by atoms with Crippen LogP contribution in [-0.2, 0) is 0 Å². The standard InChI is InChI=1S/C18H25N5OS/c1-4-19-18-20-12(2)16(25-18)17(24)23(3)11-14-10-15(22-21-14)13-8-6-5-7-9-13/h5-9,14-15,21-22H,4,10-11H2,1-3H3,(H,19,20). The third-order valence-corrected chi connectivity index (χ3v) is 5.45. The molecule has 1 saturated heterocycles. The second-order valence-corrected chi connectivity index (χ2v) is 7.33. The zero-order valence-corrected chi connectivity index (χ0v) is 15.7. The van der Waals surface area contributed by atoms with Crippen LogP contribution in [0.15, 0.2) is 30.3 Å². The number of benzene rings is 1. The summed E-state index contributed by atoms with van der Waals surface area (Å²) in [5.74, 6) is 0.0316. The smallest absolute Gasteiger partial charge is 0.265 e. The Hall–Kier alpha value is -1.96. The van der Waals surface area contributed by atoms with E-state index in [1.54, 1.807) is 4.90 Å². The van der Waals surface area contributed by atoms with Crippen LogP contribution in [0.3, 0.4) is 0 Å². The van der Waals surface area contributed by atoms with Crippen molar-refractivity contribution in [3.8, 4) is 0 Å². The fourth-order valence-corrected chi connectivity index (χ4v) is 4.08. The zero-order chi connectivity index (χ0) is 17.8. The molecule has 0 radical (unpaired) electrons. The van der Waals surface area contributed by atoms with Crippen molar-refractivity contribution in [2.75, 3.05) is 25.5 Å². The van der Waals surface area contributed by atoms with Gasteiger partial charge in [-0.2, -0.15) is 0 Å². The van der Waals surface area contributed by atoms with Crippen molar-refractivity contribution in [2.24, 2.45) is 0 Å². The maximum Gasteiger partial charge on any atom is 0.265 e. The fourth-order valence-electron chi connectivity index (χ4n) is 3.05. The lowest BCUT2D eigenvalue weighted by molar-refractivity contribution is 0.0786. The molecule has 7 heteroatoms. The fraction of sp³-hybridized carbons (Fsp3) is 0.444. The summed E-state index contributed by atoms with van der Waals surface area (Å²) in [5, 5.41) is 3.98. The Labute approximate surface area is 152 Å². The Bertz CT molecular complexity index is 718. The number of carbonyl (C=O) groups is 1. The predicted octanol–water partition coefficient (Wildman–Crippen LogP) is 2.56. The summed E-state index contributed by atoms with van der Waals surface area (Å²) in [6, 6.07) is 10.9. The molecule has 1 aliphatic heterocycles. The second-order valence-electron chi connectivity index (χ2n) is 6.33. The number of carbonyl (C=O) groups excluding carboxylic acids is 1. The molecule has 3 rings (SSSR count). The first kappa shape index (κ1) is 17.8. The average Bonchev–Trinajstić information content (AvgIpc) is 3.22. The van der Waals surface area contributed by atoms with Gasteiger partial charge in [-0.15, -0.1) is 0 Å². The maximum atomic E-state index is 12.7. The number of hydrogen-bond donors (Lipinski definition) is 3. The van der Waals surface area contributed by atoms with Gasteiger partial charge in [0, 0.05) is 32.2 Å². The highest BCUT2D eigenvalue weighted by Crippen LogP contribution is 2.25.